The van der Waals surface area contributed by atoms with Crippen molar-refractivity contribution >= 4 is 9.84 Å². The van der Waals surface area contributed by atoms with Crippen LogP contribution in [0.1, 0.15) is 22.8 Å². The summed E-state index contributed by atoms with van der Waals surface area (Å²) in [6, 6.07) is 5.98. The molecule has 0 saturated carbocycles. The molecule has 0 aliphatic heterocycles. The van der Waals surface area contributed by atoms with E-state index in [4.69, 9.17) is 0 Å². The molecule has 0 aliphatic rings. The fourth-order valence-corrected chi connectivity index (χ4v) is 2.57. The highest BCUT2D eigenvalue weighted by molar-refractivity contribution is 7.90. The molecule has 1 aromatic carbocycles. The number of sulfone groups is 1. The predicted molar refractivity (Wildman–Crippen MR) is 78.1 cm³/mol. The summed E-state index contributed by atoms with van der Waals surface area (Å²) in [5.41, 5.74) is 3.07. The predicted octanol–water partition coefficient (Wildman–Crippen LogP) is 1.31. The van der Waals surface area contributed by atoms with Gasteiger partial charge in [0.2, 0.25) is 0 Å². The van der Waals surface area contributed by atoms with Gasteiger partial charge in [0.05, 0.1) is 11.9 Å². The van der Waals surface area contributed by atoms with E-state index in [2.05, 4.69) is 0 Å². The highest BCUT2D eigenvalue weighted by Crippen LogP contribution is 2.19. The molecule has 5 heteroatoms. The first-order chi connectivity index (χ1) is 8.69. The Balaban J connectivity index is 2.63. The fraction of sp³-hybridized carbons (Fsp3) is 0.571. The lowest BCUT2D eigenvalue weighted by atomic mass is 10.0. The Morgan fingerprint density at radius 1 is 1.32 bits per heavy atom. The number of nitrogens with zero attached hydrogens (tertiary/aromatic N) is 1. The Bertz CT molecular complexity index is 525. The minimum absolute atomic E-state index is 0.114. The maximum Gasteiger partial charge on any atom is 0.148 e. The second kappa shape index (κ2) is 6.50. The molecule has 4 nitrogen and oxygen atoms in total. The molecule has 108 valence electrons. The van der Waals surface area contributed by atoms with E-state index >= 15 is 0 Å². The minimum atomic E-state index is -2.96. The van der Waals surface area contributed by atoms with Gasteiger partial charge in [0.15, 0.2) is 0 Å². The van der Waals surface area contributed by atoms with E-state index in [0.29, 0.717) is 13.1 Å². The normalized spacial score (nSPS) is 13.8. The molecule has 0 saturated heterocycles. The minimum Gasteiger partial charge on any atom is -0.387 e. The third kappa shape index (κ3) is 5.72. The van der Waals surface area contributed by atoms with E-state index in [9.17, 15) is 13.5 Å². The number of rotatable bonds is 6. The summed E-state index contributed by atoms with van der Waals surface area (Å²) in [5, 5.41) is 10.2. The first-order valence-electron chi connectivity index (χ1n) is 6.30. The zero-order valence-corrected chi connectivity index (χ0v) is 12.9. The molecule has 0 unspecified atom stereocenters. The Morgan fingerprint density at radius 3 is 2.53 bits per heavy atom. The quantitative estimate of drug-likeness (QED) is 0.856. The highest BCUT2D eigenvalue weighted by Gasteiger charge is 2.14. The van der Waals surface area contributed by atoms with Crippen molar-refractivity contribution in [1.29, 1.82) is 0 Å². The molecule has 0 bridgehead atoms. The second-order valence-corrected chi connectivity index (χ2v) is 7.53. The first kappa shape index (κ1) is 16.1. The van der Waals surface area contributed by atoms with Gasteiger partial charge in [0.1, 0.15) is 9.84 Å². The molecule has 0 spiro atoms. The van der Waals surface area contributed by atoms with E-state index in [1.165, 1.54) is 6.26 Å². The number of aliphatic hydroxyl groups is 1. The van der Waals surface area contributed by atoms with Crippen molar-refractivity contribution in [3.8, 4) is 0 Å². The molecular formula is C14H23NO3S. The molecule has 0 radical (unpaired) electrons. The molecule has 0 aromatic heterocycles. The van der Waals surface area contributed by atoms with Crippen molar-refractivity contribution in [2.75, 3.05) is 32.1 Å². The molecule has 1 aromatic rings. The topological polar surface area (TPSA) is 57.6 Å². The largest absolute Gasteiger partial charge is 0.387 e. The van der Waals surface area contributed by atoms with Crippen LogP contribution in [0.5, 0.6) is 0 Å². The standard InChI is InChI=1S/C14H23NO3S/c1-11-5-6-12(2)13(9-11)14(16)10-15(3)7-8-19(4,17)18/h5-6,9,14,16H,7-8,10H2,1-4H3/t14-/m0/s1. The molecule has 0 amide bonds. The van der Waals surface area contributed by atoms with Crippen LogP contribution < -0.4 is 0 Å². The average molecular weight is 285 g/mol. The van der Waals surface area contributed by atoms with Crippen LogP contribution in [0.3, 0.4) is 0 Å². The Hall–Kier alpha value is -0.910. The molecule has 19 heavy (non-hydrogen) atoms. The van der Waals surface area contributed by atoms with Crippen LogP contribution >= 0.6 is 0 Å². The monoisotopic (exact) mass is 285 g/mol. The molecule has 0 fully saturated rings. The van der Waals surface area contributed by atoms with E-state index in [1.54, 1.807) is 0 Å². The highest BCUT2D eigenvalue weighted by atomic mass is 32.2. The SMILES string of the molecule is Cc1ccc(C)c([C@@H](O)CN(C)CCS(C)(=O)=O)c1. The van der Waals surface area contributed by atoms with Gasteiger partial charge in [0.25, 0.3) is 0 Å². The van der Waals surface area contributed by atoms with Crippen LogP contribution in [-0.2, 0) is 9.84 Å². The van der Waals surface area contributed by atoms with Gasteiger partial charge in [0, 0.05) is 19.3 Å². The fourth-order valence-electron chi connectivity index (χ4n) is 1.93. The number of hydrogen-bond donors (Lipinski definition) is 1. The number of likely N-dealkylation sites (N-methyl/N-ethyl adjacent to an activating group) is 1. The second-order valence-electron chi connectivity index (χ2n) is 5.27. The summed E-state index contributed by atoms with van der Waals surface area (Å²) in [6.07, 6.45) is 0.631. The van der Waals surface area contributed by atoms with Crippen molar-refractivity contribution < 1.29 is 13.5 Å². The lowest BCUT2D eigenvalue weighted by Gasteiger charge is -2.21. The third-order valence-corrected chi connectivity index (χ3v) is 4.05. The zero-order chi connectivity index (χ0) is 14.6. The van der Waals surface area contributed by atoms with Crippen molar-refractivity contribution in [3.63, 3.8) is 0 Å². The van der Waals surface area contributed by atoms with Gasteiger partial charge in [-0.3, -0.25) is 0 Å². The molecule has 0 heterocycles. The summed E-state index contributed by atoms with van der Waals surface area (Å²) in [7, 11) is -1.14. The maximum atomic E-state index is 11.1. The molecule has 0 aliphatic carbocycles. The van der Waals surface area contributed by atoms with Gasteiger partial charge in [-0.05, 0) is 32.0 Å². The van der Waals surface area contributed by atoms with Crippen LogP contribution in [0, 0.1) is 13.8 Å². The van der Waals surface area contributed by atoms with Crippen molar-refractivity contribution in [3.05, 3.63) is 34.9 Å². The van der Waals surface area contributed by atoms with Gasteiger partial charge in [-0.1, -0.05) is 23.8 Å². The van der Waals surface area contributed by atoms with Gasteiger partial charge in [-0.25, -0.2) is 8.42 Å². The van der Waals surface area contributed by atoms with E-state index in [0.717, 1.165) is 16.7 Å². The van der Waals surface area contributed by atoms with Crippen molar-refractivity contribution in [2.45, 2.75) is 20.0 Å². The van der Waals surface area contributed by atoms with Crippen LogP contribution in [0.4, 0.5) is 0 Å². The maximum absolute atomic E-state index is 11.1. The van der Waals surface area contributed by atoms with Gasteiger partial charge in [-0.2, -0.15) is 0 Å². The number of benzene rings is 1. The van der Waals surface area contributed by atoms with Crippen LogP contribution in [0.15, 0.2) is 18.2 Å². The molecule has 1 rings (SSSR count). The number of aryl methyl sites for hydroxylation is 2. The Labute approximate surface area is 116 Å². The van der Waals surface area contributed by atoms with E-state index in [1.807, 2.05) is 44.0 Å². The number of hydrogen-bond acceptors (Lipinski definition) is 4. The Morgan fingerprint density at radius 2 is 1.95 bits per heavy atom. The van der Waals surface area contributed by atoms with Gasteiger partial charge >= 0.3 is 0 Å². The van der Waals surface area contributed by atoms with Gasteiger partial charge < -0.3 is 10.0 Å². The summed E-state index contributed by atoms with van der Waals surface area (Å²) < 4.78 is 22.2. The van der Waals surface area contributed by atoms with Gasteiger partial charge in [-0.15, -0.1) is 0 Å². The summed E-state index contributed by atoms with van der Waals surface area (Å²) in [4.78, 5) is 1.84. The first-order valence-corrected chi connectivity index (χ1v) is 8.36. The van der Waals surface area contributed by atoms with Crippen LogP contribution in [0.25, 0.3) is 0 Å². The molecule has 1 atom stereocenters. The van der Waals surface area contributed by atoms with Crippen LogP contribution in [-0.4, -0.2) is 50.6 Å². The Kier molecular flexibility index (Phi) is 5.52. The lowest BCUT2D eigenvalue weighted by molar-refractivity contribution is 0.129. The lowest BCUT2D eigenvalue weighted by Crippen LogP contribution is -2.29. The van der Waals surface area contributed by atoms with Crippen LogP contribution in [0.2, 0.25) is 0 Å². The van der Waals surface area contributed by atoms with Crippen molar-refractivity contribution in [1.82, 2.24) is 4.90 Å². The smallest absolute Gasteiger partial charge is 0.148 e. The summed E-state index contributed by atoms with van der Waals surface area (Å²) in [6.45, 7) is 4.82. The van der Waals surface area contributed by atoms with E-state index < -0.39 is 15.9 Å². The third-order valence-electron chi connectivity index (χ3n) is 3.12. The summed E-state index contributed by atoms with van der Waals surface area (Å²) in [5.74, 6) is 0.114. The molecular weight excluding hydrogens is 262 g/mol. The molecule has 1 N–H and O–H groups in total. The van der Waals surface area contributed by atoms with Crippen molar-refractivity contribution in [2.24, 2.45) is 0 Å². The zero-order valence-electron chi connectivity index (χ0n) is 12.0. The summed E-state index contributed by atoms with van der Waals surface area (Å²) >= 11 is 0. The van der Waals surface area contributed by atoms with E-state index in [-0.39, 0.29) is 5.75 Å². The number of aliphatic hydroxyl groups excluding tert-OH is 1. The average Bonchev–Trinajstić information content (AvgIpc) is 2.28.